The number of amides is 2. The number of aromatic nitrogens is 4. The SMILES string of the molecule is CC(=O)Nc1cccc(NC(=O)CSc2nc3ncnc(N)c3[nH]2)c1. The monoisotopic (exact) mass is 357 g/mol. The Kier molecular flexibility index (Phi) is 4.80. The molecule has 0 aliphatic heterocycles. The number of thioether (sulfide) groups is 1. The predicted molar refractivity (Wildman–Crippen MR) is 96.2 cm³/mol. The second-order valence-electron chi connectivity index (χ2n) is 5.10. The number of benzene rings is 1. The highest BCUT2D eigenvalue weighted by atomic mass is 32.2. The van der Waals surface area contributed by atoms with Gasteiger partial charge in [0.2, 0.25) is 11.8 Å². The molecule has 10 heteroatoms. The number of nitrogens with one attached hydrogen (secondary N) is 3. The lowest BCUT2D eigenvalue weighted by Gasteiger charge is -2.07. The van der Waals surface area contributed by atoms with E-state index in [1.807, 2.05) is 0 Å². The number of rotatable bonds is 5. The van der Waals surface area contributed by atoms with Gasteiger partial charge in [-0.1, -0.05) is 17.8 Å². The zero-order valence-electron chi connectivity index (χ0n) is 13.2. The van der Waals surface area contributed by atoms with Crippen molar-refractivity contribution in [2.24, 2.45) is 0 Å². The molecule has 0 spiro atoms. The Hall–Kier alpha value is -3.14. The number of imidazole rings is 1. The van der Waals surface area contributed by atoms with Crippen LogP contribution >= 0.6 is 11.8 Å². The fourth-order valence-corrected chi connectivity index (χ4v) is 2.77. The maximum atomic E-state index is 12.1. The number of carbonyl (C=O) groups is 2. The molecule has 9 nitrogen and oxygen atoms in total. The molecule has 25 heavy (non-hydrogen) atoms. The van der Waals surface area contributed by atoms with E-state index in [1.54, 1.807) is 24.3 Å². The van der Waals surface area contributed by atoms with Gasteiger partial charge in [0.25, 0.3) is 0 Å². The average molecular weight is 357 g/mol. The molecule has 2 heterocycles. The molecule has 0 saturated heterocycles. The van der Waals surface area contributed by atoms with E-state index in [-0.39, 0.29) is 17.6 Å². The van der Waals surface area contributed by atoms with Gasteiger partial charge in [-0.3, -0.25) is 9.59 Å². The summed E-state index contributed by atoms with van der Waals surface area (Å²) >= 11 is 1.23. The van der Waals surface area contributed by atoms with E-state index >= 15 is 0 Å². The lowest BCUT2D eigenvalue weighted by Crippen LogP contribution is -2.14. The molecule has 128 valence electrons. The zero-order valence-corrected chi connectivity index (χ0v) is 14.1. The number of fused-ring (bicyclic) bond motifs is 1. The number of hydrogen-bond donors (Lipinski definition) is 4. The number of aromatic amines is 1. The molecule has 0 saturated carbocycles. The van der Waals surface area contributed by atoms with Gasteiger partial charge < -0.3 is 21.4 Å². The van der Waals surface area contributed by atoms with E-state index in [2.05, 4.69) is 30.6 Å². The van der Waals surface area contributed by atoms with Crippen LogP contribution < -0.4 is 16.4 Å². The molecule has 1 aromatic carbocycles. The van der Waals surface area contributed by atoms with Crippen molar-refractivity contribution in [3.63, 3.8) is 0 Å². The Balaban J connectivity index is 1.60. The van der Waals surface area contributed by atoms with Crippen LogP contribution in [0, 0.1) is 0 Å². The van der Waals surface area contributed by atoms with Crippen molar-refractivity contribution in [1.29, 1.82) is 0 Å². The topological polar surface area (TPSA) is 139 Å². The van der Waals surface area contributed by atoms with Crippen molar-refractivity contribution in [3.05, 3.63) is 30.6 Å². The highest BCUT2D eigenvalue weighted by molar-refractivity contribution is 7.99. The van der Waals surface area contributed by atoms with Crippen molar-refractivity contribution in [2.45, 2.75) is 12.1 Å². The van der Waals surface area contributed by atoms with E-state index in [9.17, 15) is 9.59 Å². The summed E-state index contributed by atoms with van der Waals surface area (Å²) in [6, 6.07) is 6.91. The van der Waals surface area contributed by atoms with Crippen LogP contribution in [0.15, 0.2) is 35.7 Å². The van der Waals surface area contributed by atoms with Gasteiger partial charge in [0.15, 0.2) is 16.6 Å². The van der Waals surface area contributed by atoms with E-state index in [1.165, 1.54) is 25.0 Å². The highest BCUT2D eigenvalue weighted by Gasteiger charge is 2.10. The van der Waals surface area contributed by atoms with Crippen LogP contribution in [0.25, 0.3) is 11.2 Å². The minimum Gasteiger partial charge on any atom is -0.382 e. The molecule has 0 aliphatic rings. The number of H-pyrrole nitrogens is 1. The van der Waals surface area contributed by atoms with Crippen LogP contribution in [0.3, 0.4) is 0 Å². The molecule has 0 unspecified atom stereocenters. The Bertz CT molecular complexity index is 941. The first-order valence-corrected chi connectivity index (χ1v) is 8.26. The smallest absolute Gasteiger partial charge is 0.234 e. The van der Waals surface area contributed by atoms with Gasteiger partial charge in [-0.15, -0.1) is 0 Å². The zero-order chi connectivity index (χ0) is 17.8. The molecular weight excluding hydrogens is 342 g/mol. The third-order valence-corrected chi connectivity index (χ3v) is 3.98. The van der Waals surface area contributed by atoms with Crippen LogP contribution in [0.4, 0.5) is 17.2 Å². The lowest BCUT2D eigenvalue weighted by atomic mass is 10.2. The number of anilines is 3. The molecular formula is C15H15N7O2S. The van der Waals surface area contributed by atoms with Crippen molar-refractivity contribution < 1.29 is 9.59 Å². The summed E-state index contributed by atoms with van der Waals surface area (Å²) in [5, 5.41) is 5.96. The van der Waals surface area contributed by atoms with Crippen molar-refractivity contribution in [2.75, 3.05) is 22.1 Å². The lowest BCUT2D eigenvalue weighted by molar-refractivity contribution is -0.114. The number of nitrogens with zero attached hydrogens (tertiary/aromatic N) is 3. The summed E-state index contributed by atoms with van der Waals surface area (Å²) in [6.45, 7) is 1.42. The fourth-order valence-electron chi connectivity index (χ4n) is 2.10. The number of carbonyl (C=O) groups excluding carboxylic acids is 2. The molecule has 0 fully saturated rings. The average Bonchev–Trinajstić information content (AvgIpc) is 2.97. The van der Waals surface area contributed by atoms with Gasteiger partial charge in [-0.2, -0.15) is 0 Å². The quantitative estimate of drug-likeness (QED) is 0.509. The van der Waals surface area contributed by atoms with Gasteiger partial charge >= 0.3 is 0 Å². The van der Waals surface area contributed by atoms with Crippen LogP contribution in [-0.2, 0) is 9.59 Å². The van der Waals surface area contributed by atoms with Crippen LogP contribution in [-0.4, -0.2) is 37.5 Å². The van der Waals surface area contributed by atoms with E-state index in [4.69, 9.17) is 5.73 Å². The van der Waals surface area contributed by atoms with Gasteiger partial charge in [-0.25, -0.2) is 15.0 Å². The fraction of sp³-hybridized carbons (Fsp3) is 0.133. The summed E-state index contributed by atoms with van der Waals surface area (Å²) in [5.41, 5.74) is 7.95. The first-order chi connectivity index (χ1) is 12.0. The summed E-state index contributed by atoms with van der Waals surface area (Å²) in [4.78, 5) is 38.3. The van der Waals surface area contributed by atoms with E-state index < -0.39 is 0 Å². The first kappa shape index (κ1) is 16.7. The maximum Gasteiger partial charge on any atom is 0.234 e. The van der Waals surface area contributed by atoms with Gasteiger partial charge in [-0.05, 0) is 18.2 Å². The van der Waals surface area contributed by atoms with Crippen LogP contribution in [0.5, 0.6) is 0 Å². The first-order valence-electron chi connectivity index (χ1n) is 7.28. The molecule has 0 radical (unpaired) electrons. The normalized spacial score (nSPS) is 10.6. The molecule has 5 N–H and O–H groups in total. The minimum absolute atomic E-state index is 0.150. The summed E-state index contributed by atoms with van der Waals surface area (Å²) < 4.78 is 0. The van der Waals surface area contributed by atoms with E-state index in [0.717, 1.165) is 0 Å². The molecule has 0 bridgehead atoms. The van der Waals surface area contributed by atoms with Gasteiger partial charge in [0.1, 0.15) is 11.8 Å². The summed E-state index contributed by atoms with van der Waals surface area (Å²) in [6.07, 6.45) is 1.34. The van der Waals surface area contributed by atoms with Crippen molar-refractivity contribution in [1.82, 2.24) is 19.9 Å². The van der Waals surface area contributed by atoms with Gasteiger partial charge in [0, 0.05) is 18.3 Å². The van der Waals surface area contributed by atoms with Crippen molar-refractivity contribution in [3.8, 4) is 0 Å². The number of nitrogens with two attached hydrogens (primary N) is 1. The van der Waals surface area contributed by atoms with Crippen molar-refractivity contribution >= 4 is 51.9 Å². The Labute approximate surface area is 146 Å². The van der Waals surface area contributed by atoms with Gasteiger partial charge in [0.05, 0.1) is 5.75 Å². The maximum absolute atomic E-state index is 12.1. The third-order valence-electron chi connectivity index (χ3n) is 3.10. The molecule has 0 atom stereocenters. The van der Waals surface area contributed by atoms with Crippen LogP contribution in [0.1, 0.15) is 6.92 Å². The largest absolute Gasteiger partial charge is 0.382 e. The number of hydrogen-bond acceptors (Lipinski definition) is 7. The van der Waals surface area contributed by atoms with E-state index in [0.29, 0.717) is 33.5 Å². The second kappa shape index (κ2) is 7.18. The summed E-state index contributed by atoms with van der Waals surface area (Å²) in [7, 11) is 0. The standard InChI is InChI=1S/C15H15N7O2S/c1-8(23)19-9-3-2-4-10(5-9)20-11(24)6-25-15-21-12-13(16)17-7-18-14(12)22-15/h2-5,7H,6H2,1H3,(H,19,23)(H,20,24)(H3,16,17,18,21,22). The molecule has 2 amide bonds. The predicted octanol–water partition coefficient (Wildman–Crippen LogP) is 1.62. The minimum atomic E-state index is -0.204. The molecule has 3 rings (SSSR count). The molecule has 3 aromatic rings. The Morgan fingerprint density at radius 3 is 2.72 bits per heavy atom. The van der Waals surface area contributed by atoms with Crippen LogP contribution in [0.2, 0.25) is 0 Å². The number of nitrogen functional groups attached to an aromatic ring is 1. The highest BCUT2D eigenvalue weighted by Crippen LogP contribution is 2.21. The Morgan fingerprint density at radius 2 is 2.00 bits per heavy atom. The summed E-state index contributed by atoms with van der Waals surface area (Å²) in [5.74, 6) is 0.0803. The second-order valence-corrected chi connectivity index (χ2v) is 6.06. The molecule has 0 aliphatic carbocycles. The molecule has 2 aromatic heterocycles. The Morgan fingerprint density at radius 1 is 1.24 bits per heavy atom. The third kappa shape index (κ3) is 4.23.